The summed E-state index contributed by atoms with van der Waals surface area (Å²) >= 11 is 0. The van der Waals surface area contributed by atoms with Gasteiger partial charge in [-0.1, -0.05) is 0 Å². The molecular formula is C12H11N5O. The first-order chi connectivity index (χ1) is 8.78. The molecule has 0 bridgehead atoms. The number of fused-ring (bicyclic) bond motifs is 1. The van der Waals surface area contributed by atoms with E-state index < -0.39 is 0 Å². The van der Waals surface area contributed by atoms with Crippen LogP contribution in [-0.2, 0) is 0 Å². The Hall–Kier alpha value is -2.63. The fourth-order valence-corrected chi connectivity index (χ4v) is 1.73. The Labute approximate surface area is 103 Å². The number of nitrogens with two attached hydrogens (primary N) is 1. The molecule has 90 valence electrons. The number of anilines is 1. The Balaban J connectivity index is 2.09. The average molecular weight is 241 g/mol. The average Bonchev–Trinajstić information content (AvgIpc) is 2.80. The molecule has 0 saturated carbocycles. The molecule has 0 unspecified atom stereocenters. The zero-order chi connectivity index (χ0) is 12.5. The maximum atomic E-state index is 5.71. The predicted octanol–water partition coefficient (Wildman–Crippen LogP) is 1.38. The lowest BCUT2D eigenvalue weighted by Gasteiger charge is -2.03. The van der Waals surface area contributed by atoms with Crippen molar-refractivity contribution in [3.05, 3.63) is 36.7 Å². The Bertz CT molecular complexity index is 689. The topological polar surface area (TPSA) is 78.3 Å². The minimum Gasteiger partial charge on any atom is -0.497 e. The van der Waals surface area contributed by atoms with E-state index >= 15 is 0 Å². The third-order valence-corrected chi connectivity index (χ3v) is 2.70. The third kappa shape index (κ3) is 1.64. The molecule has 18 heavy (non-hydrogen) atoms. The van der Waals surface area contributed by atoms with Gasteiger partial charge in [-0.05, 0) is 24.3 Å². The van der Waals surface area contributed by atoms with Crippen LogP contribution in [-0.4, -0.2) is 26.7 Å². The van der Waals surface area contributed by atoms with Gasteiger partial charge in [0.1, 0.15) is 5.75 Å². The highest BCUT2D eigenvalue weighted by Gasteiger charge is 2.05. The van der Waals surface area contributed by atoms with E-state index in [4.69, 9.17) is 10.5 Å². The molecule has 0 saturated heterocycles. The minimum absolute atomic E-state index is 0.349. The molecule has 2 aromatic heterocycles. The van der Waals surface area contributed by atoms with E-state index in [1.807, 2.05) is 30.5 Å². The van der Waals surface area contributed by atoms with Crippen LogP contribution in [0.1, 0.15) is 0 Å². The van der Waals surface area contributed by atoms with Crippen molar-refractivity contribution in [2.24, 2.45) is 0 Å². The van der Waals surface area contributed by atoms with Gasteiger partial charge in [-0.15, -0.1) is 10.2 Å². The van der Waals surface area contributed by atoms with E-state index in [9.17, 15) is 0 Å². The molecule has 2 N–H and O–H groups in total. The fourth-order valence-electron chi connectivity index (χ4n) is 1.73. The van der Waals surface area contributed by atoms with E-state index in [1.54, 1.807) is 17.7 Å². The molecule has 1 aromatic carbocycles. The highest BCUT2D eigenvalue weighted by Crippen LogP contribution is 2.21. The van der Waals surface area contributed by atoms with Crippen LogP contribution in [0, 0.1) is 0 Å². The highest BCUT2D eigenvalue weighted by atomic mass is 16.5. The molecule has 0 atom stereocenters. The Morgan fingerprint density at radius 2 is 1.94 bits per heavy atom. The van der Waals surface area contributed by atoms with Crippen LogP contribution in [0.4, 0.5) is 5.95 Å². The number of aromatic nitrogens is 4. The largest absolute Gasteiger partial charge is 0.497 e. The fraction of sp³-hybridized carbons (Fsp3) is 0.0833. The van der Waals surface area contributed by atoms with Crippen LogP contribution in [0.25, 0.3) is 16.9 Å². The molecule has 0 aliphatic heterocycles. The molecule has 0 fully saturated rings. The minimum atomic E-state index is 0.349. The summed E-state index contributed by atoms with van der Waals surface area (Å²) in [7, 11) is 1.64. The summed E-state index contributed by atoms with van der Waals surface area (Å²) in [6, 6.07) is 7.65. The van der Waals surface area contributed by atoms with Crippen molar-refractivity contribution in [2.45, 2.75) is 0 Å². The standard InChI is InChI=1S/C12H11N5O/c1-18-9-4-2-8(3-5-9)10-7-17-11(6-14-10)15-16-12(17)13/h2-7H,1H3,(H2,13,16). The number of hydrogen-bond donors (Lipinski definition) is 1. The number of hydrogen-bond acceptors (Lipinski definition) is 5. The van der Waals surface area contributed by atoms with Crippen LogP contribution < -0.4 is 10.5 Å². The van der Waals surface area contributed by atoms with Crippen LogP contribution in [0.5, 0.6) is 5.75 Å². The third-order valence-electron chi connectivity index (χ3n) is 2.70. The summed E-state index contributed by atoms with van der Waals surface area (Å²) in [5.41, 5.74) is 8.12. The van der Waals surface area contributed by atoms with E-state index in [-0.39, 0.29) is 0 Å². The van der Waals surface area contributed by atoms with Gasteiger partial charge in [-0.25, -0.2) is 0 Å². The molecule has 0 aliphatic rings. The van der Waals surface area contributed by atoms with Crippen molar-refractivity contribution >= 4 is 11.6 Å². The SMILES string of the molecule is COc1ccc(-c2cn3c(N)nnc3cn2)cc1. The van der Waals surface area contributed by atoms with Crippen molar-refractivity contribution < 1.29 is 4.74 Å². The second-order valence-corrected chi connectivity index (χ2v) is 3.79. The molecule has 3 rings (SSSR count). The number of ether oxygens (including phenoxy) is 1. The van der Waals surface area contributed by atoms with Crippen molar-refractivity contribution in [3.63, 3.8) is 0 Å². The number of methoxy groups -OCH3 is 1. The molecule has 0 amide bonds. The van der Waals surface area contributed by atoms with Gasteiger partial charge in [0.15, 0.2) is 5.65 Å². The van der Waals surface area contributed by atoms with Gasteiger partial charge in [0.2, 0.25) is 5.95 Å². The van der Waals surface area contributed by atoms with Crippen molar-refractivity contribution in [1.82, 2.24) is 19.6 Å². The zero-order valence-corrected chi connectivity index (χ0v) is 9.74. The summed E-state index contributed by atoms with van der Waals surface area (Å²) < 4.78 is 6.82. The van der Waals surface area contributed by atoms with Gasteiger partial charge in [0.05, 0.1) is 19.0 Å². The van der Waals surface area contributed by atoms with E-state index in [0.29, 0.717) is 11.6 Å². The Morgan fingerprint density at radius 1 is 1.17 bits per heavy atom. The first-order valence-electron chi connectivity index (χ1n) is 5.38. The van der Waals surface area contributed by atoms with Gasteiger partial charge >= 0.3 is 0 Å². The lowest BCUT2D eigenvalue weighted by atomic mass is 10.1. The molecule has 2 heterocycles. The summed E-state index contributed by atoms with van der Waals surface area (Å²) in [5.74, 6) is 1.16. The maximum Gasteiger partial charge on any atom is 0.226 e. The molecule has 0 radical (unpaired) electrons. The Morgan fingerprint density at radius 3 is 2.67 bits per heavy atom. The maximum absolute atomic E-state index is 5.71. The van der Waals surface area contributed by atoms with E-state index in [1.165, 1.54) is 0 Å². The number of nitrogens with zero attached hydrogens (tertiary/aromatic N) is 4. The summed E-state index contributed by atoms with van der Waals surface area (Å²) in [4.78, 5) is 4.33. The van der Waals surface area contributed by atoms with Crippen molar-refractivity contribution in [2.75, 3.05) is 12.8 Å². The van der Waals surface area contributed by atoms with Gasteiger partial charge in [-0.3, -0.25) is 9.38 Å². The second-order valence-electron chi connectivity index (χ2n) is 3.79. The zero-order valence-electron chi connectivity index (χ0n) is 9.74. The molecule has 0 spiro atoms. The van der Waals surface area contributed by atoms with Crippen LogP contribution in [0.15, 0.2) is 36.7 Å². The molecule has 6 nitrogen and oxygen atoms in total. The first-order valence-corrected chi connectivity index (χ1v) is 5.38. The lowest BCUT2D eigenvalue weighted by molar-refractivity contribution is 0.415. The second kappa shape index (κ2) is 3.99. The normalized spacial score (nSPS) is 10.7. The van der Waals surface area contributed by atoms with Gasteiger partial charge in [-0.2, -0.15) is 0 Å². The van der Waals surface area contributed by atoms with Crippen molar-refractivity contribution in [1.29, 1.82) is 0 Å². The quantitative estimate of drug-likeness (QED) is 0.733. The van der Waals surface area contributed by atoms with Crippen LogP contribution in [0.2, 0.25) is 0 Å². The predicted molar refractivity (Wildman–Crippen MR) is 67.2 cm³/mol. The van der Waals surface area contributed by atoms with Crippen LogP contribution in [0.3, 0.4) is 0 Å². The van der Waals surface area contributed by atoms with E-state index in [2.05, 4.69) is 15.2 Å². The number of nitrogen functional groups attached to an aromatic ring is 1. The smallest absolute Gasteiger partial charge is 0.226 e. The lowest BCUT2D eigenvalue weighted by Crippen LogP contribution is -1.96. The molecule has 0 aliphatic carbocycles. The molecular weight excluding hydrogens is 230 g/mol. The van der Waals surface area contributed by atoms with Crippen molar-refractivity contribution in [3.8, 4) is 17.0 Å². The molecule has 3 aromatic rings. The first kappa shape index (κ1) is 10.5. The Kier molecular flexibility index (Phi) is 2.33. The van der Waals surface area contributed by atoms with Gasteiger partial charge < -0.3 is 10.5 Å². The van der Waals surface area contributed by atoms with Gasteiger partial charge in [0, 0.05) is 11.8 Å². The molecule has 6 heteroatoms. The van der Waals surface area contributed by atoms with Gasteiger partial charge in [0.25, 0.3) is 0 Å². The van der Waals surface area contributed by atoms with E-state index in [0.717, 1.165) is 17.0 Å². The monoisotopic (exact) mass is 241 g/mol. The number of benzene rings is 1. The summed E-state index contributed by atoms with van der Waals surface area (Å²) in [6.45, 7) is 0. The summed E-state index contributed by atoms with van der Waals surface area (Å²) in [6.07, 6.45) is 3.45. The summed E-state index contributed by atoms with van der Waals surface area (Å²) in [5, 5.41) is 7.67. The number of rotatable bonds is 2. The highest BCUT2D eigenvalue weighted by molar-refractivity contribution is 5.61. The van der Waals surface area contributed by atoms with Crippen LogP contribution >= 0.6 is 0 Å².